The Bertz CT molecular complexity index is 759. The van der Waals surface area contributed by atoms with Gasteiger partial charge in [-0.05, 0) is 68.4 Å². The molecule has 5 nitrogen and oxygen atoms in total. The number of amides is 1. The van der Waals surface area contributed by atoms with Crippen LogP contribution in [0.5, 0.6) is 0 Å². The third-order valence-electron chi connectivity index (χ3n) is 6.98. The first-order chi connectivity index (χ1) is 12.5. The predicted octanol–water partition coefficient (Wildman–Crippen LogP) is 2.45. The molecule has 0 saturated heterocycles. The molecule has 2 unspecified atom stereocenters. The molecule has 0 spiro atoms. The molecule has 1 N–H and O–H groups in total. The van der Waals surface area contributed by atoms with Gasteiger partial charge in [0.15, 0.2) is 6.61 Å². The average Bonchev–Trinajstić information content (AvgIpc) is 3.01. The number of hydrogen-bond acceptors (Lipinski definition) is 4. The van der Waals surface area contributed by atoms with Crippen LogP contribution in [-0.2, 0) is 20.7 Å². The Kier molecular flexibility index (Phi) is 3.48. The van der Waals surface area contributed by atoms with Crippen molar-refractivity contribution >= 4 is 17.6 Å². The lowest BCUT2D eigenvalue weighted by Crippen LogP contribution is -2.58. The van der Waals surface area contributed by atoms with Gasteiger partial charge in [-0.25, -0.2) is 0 Å². The summed E-state index contributed by atoms with van der Waals surface area (Å²) in [5.41, 5.74) is 0.830. The molecule has 5 heteroatoms. The first kappa shape index (κ1) is 16.3. The van der Waals surface area contributed by atoms with Crippen LogP contribution in [-0.4, -0.2) is 35.7 Å². The lowest BCUT2D eigenvalue weighted by atomic mass is 9.48. The zero-order valence-corrected chi connectivity index (χ0v) is 14.9. The number of hydrogen-bond donors (Lipinski definition) is 1. The second-order valence-electron chi connectivity index (χ2n) is 8.97. The summed E-state index contributed by atoms with van der Waals surface area (Å²) < 4.78 is 5.52. The van der Waals surface area contributed by atoms with Gasteiger partial charge < -0.3 is 14.7 Å². The fourth-order valence-corrected chi connectivity index (χ4v) is 6.41. The minimum absolute atomic E-state index is 0.160. The summed E-state index contributed by atoms with van der Waals surface area (Å²) in [6.07, 6.45) is 5.74. The molecule has 4 atom stereocenters. The molecule has 1 aromatic rings. The SMILES string of the molecule is O=C(COC(=O)C12C[C@@H]3C[C@@H](CC(O)(C3)C1)C2)N1CCc2ccccc21. The van der Waals surface area contributed by atoms with Crippen LogP contribution in [0.15, 0.2) is 24.3 Å². The molecule has 26 heavy (non-hydrogen) atoms. The van der Waals surface area contributed by atoms with Crippen molar-refractivity contribution in [1.82, 2.24) is 0 Å². The van der Waals surface area contributed by atoms with E-state index in [0.29, 0.717) is 24.8 Å². The summed E-state index contributed by atoms with van der Waals surface area (Å²) in [7, 11) is 0. The van der Waals surface area contributed by atoms with Gasteiger partial charge in [0.25, 0.3) is 5.91 Å². The Morgan fingerprint density at radius 2 is 1.88 bits per heavy atom. The number of nitrogens with zero attached hydrogens (tertiary/aromatic N) is 1. The molecule has 5 aliphatic rings. The molecule has 6 rings (SSSR count). The summed E-state index contributed by atoms with van der Waals surface area (Å²) >= 11 is 0. The highest BCUT2D eigenvalue weighted by atomic mass is 16.5. The highest BCUT2D eigenvalue weighted by molar-refractivity contribution is 5.97. The van der Waals surface area contributed by atoms with E-state index in [1.165, 1.54) is 0 Å². The number of ether oxygens (including phenoxy) is 1. The van der Waals surface area contributed by atoms with Gasteiger partial charge in [0.2, 0.25) is 0 Å². The van der Waals surface area contributed by atoms with Gasteiger partial charge in [0, 0.05) is 12.2 Å². The summed E-state index contributed by atoms with van der Waals surface area (Å²) in [6, 6.07) is 7.87. The summed E-state index contributed by atoms with van der Waals surface area (Å²) in [6.45, 7) is 0.438. The number of carbonyl (C=O) groups is 2. The fourth-order valence-electron chi connectivity index (χ4n) is 6.41. The number of carbonyl (C=O) groups excluding carboxylic acids is 2. The zero-order chi connectivity index (χ0) is 17.9. The molecule has 1 amide bonds. The normalized spacial score (nSPS) is 36.9. The molecule has 1 aliphatic heterocycles. The Morgan fingerprint density at radius 1 is 1.15 bits per heavy atom. The minimum Gasteiger partial charge on any atom is -0.455 e. The maximum atomic E-state index is 12.9. The topological polar surface area (TPSA) is 66.8 Å². The number of anilines is 1. The molecule has 4 fully saturated rings. The lowest BCUT2D eigenvalue weighted by Gasteiger charge is -2.58. The van der Waals surface area contributed by atoms with Crippen molar-refractivity contribution in [2.24, 2.45) is 17.3 Å². The second kappa shape index (κ2) is 5.56. The van der Waals surface area contributed by atoms with E-state index in [0.717, 1.165) is 49.8 Å². The summed E-state index contributed by atoms with van der Waals surface area (Å²) in [4.78, 5) is 27.2. The van der Waals surface area contributed by atoms with Gasteiger partial charge in [-0.1, -0.05) is 18.2 Å². The van der Waals surface area contributed by atoms with Gasteiger partial charge in [-0.15, -0.1) is 0 Å². The molecule has 1 heterocycles. The van der Waals surface area contributed by atoms with E-state index in [9.17, 15) is 14.7 Å². The molecule has 4 aliphatic carbocycles. The molecular weight excluding hydrogens is 330 g/mol. The van der Waals surface area contributed by atoms with Crippen molar-refractivity contribution in [2.45, 2.75) is 50.5 Å². The standard InChI is InChI=1S/C21H25NO4/c23-18(22-6-5-16-3-1-2-4-17(16)22)12-26-19(24)20-8-14-7-15(9-20)11-21(25,10-14)13-20/h1-4,14-15,25H,5-13H2/t14-,15+,20?,21?. The van der Waals surface area contributed by atoms with Crippen LogP contribution >= 0.6 is 0 Å². The van der Waals surface area contributed by atoms with Crippen molar-refractivity contribution in [3.8, 4) is 0 Å². The highest BCUT2D eigenvalue weighted by Gasteiger charge is 2.61. The fraction of sp³-hybridized carbons (Fsp3) is 0.619. The Hall–Kier alpha value is -1.88. The first-order valence-electron chi connectivity index (χ1n) is 9.74. The van der Waals surface area contributed by atoms with Crippen molar-refractivity contribution in [1.29, 1.82) is 0 Å². The van der Waals surface area contributed by atoms with Crippen LogP contribution in [0.4, 0.5) is 5.69 Å². The van der Waals surface area contributed by atoms with Crippen LogP contribution in [0.1, 0.15) is 44.1 Å². The number of esters is 1. The zero-order valence-electron chi connectivity index (χ0n) is 14.9. The Balaban J connectivity index is 1.26. The largest absolute Gasteiger partial charge is 0.455 e. The summed E-state index contributed by atoms with van der Waals surface area (Å²) in [5.74, 6) is 0.419. The molecule has 0 aromatic heterocycles. The third-order valence-corrected chi connectivity index (χ3v) is 6.98. The van der Waals surface area contributed by atoms with Gasteiger partial charge in [-0.2, -0.15) is 0 Å². The van der Waals surface area contributed by atoms with Crippen molar-refractivity contribution in [2.75, 3.05) is 18.1 Å². The van der Waals surface area contributed by atoms with E-state index in [-0.39, 0.29) is 18.5 Å². The first-order valence-corrected chi connectivity index (χ1v) is 9.74. The number of rotatable bonds is 3. The lowest BCUT2D eigenvalue weighted by molar-refractivity contribution is -0.196. The van der Waals surface area contributed by atoms with Crippen molar-refractivity contribution in [3.63, 3.8) is 0 Å². The van der Waals surface area contributed by atoms with E-state index in [2.05, 4.69) is 0 Å². The number of fused-ring (bicyclic) bond motifs is 1. The van der Waals surface area contributed by atoms with Crippen LogP contribution < -0.4 is 4.90 Å². The number of benzene rings is 1. The number of para-hydroxylation sites is 1. The smallest absolute Gasteiger partial charge is 0.312 e. The van der Waals surface area contributed by atoms with E-state index in [1.807, 2.05) is 24.3 Å². The average molecular weight is 355 g/mol. The molecule has 0 radical (unpaired) electrons. The van der Waals surface area contributed by atoms with E-state index >= 15 is 0 Å². The maximum Gasteiger partial charge on any atom is 0.312 e. The van der Waals surface area contributed by atoms with Crippen LogP contribution in [0.3, 0.4) is 0 Å². The number of aliphatic hydroxyl groups is 1. The molecular formula is C21H25NO4. The Morgan fingerprint density at radius 3 is 2.62 bits per heavy atom. The van der Waals surface area contributed by atoms with Crippen molar-refractivity contribution in [3.05, 3.63) is 29.8 Å². The minimum atomic E-state index is -0.693. The third kappa shape index (κ3) is 2.48. The van der Waals surface area contributed by atoms with Gasteiger partial charge in [-0.3, -0.25) is 9.59 Å². The molecule has 4 saturated carbocycles. The maximum absolute atomic E-state index is 12.9. The molecule has 1 aromatic carbocycles. The van der Waals surface area contributed by atoms with Crippen LogP contribution in [0.25, 0.3) is 0 Å². The van der Waals surface area contributed by atoms with Crippen LogP contribution in [0.2, 0.25) is 0 Å². The molecule has 138 valence electrons. The van der Waals surface area contributed by atoms with E-state index in [4.69, 9.17) is 4.74 Å². The van der Waals surface area contributed by atoms with E-state index in [1.54, 1.807) is 4.90 Å². The summed E-state index contributed by atoms with van der Waals surface area (Å²) in [5, 5.41) is 10.8. The monoisotopic (exact) mass is 355 g/mol. The second-order valence-corrected chi connectivity index (χ2v) is 8.97. The quantitative estimate of drug-likeness (QED) is 0.846. The highest BCUT2D eigenvalue weighted by Crippen LogP contribution is 2.61. The van der Waals surface area contributed by atoms with Gasteiger partial charge >= 0.3 is 5.97 Å². The predicted molar refractivity (Wildman–Crippen MR) is 95.5 cm³/mol. The van der Waals surface area contributed by atoms with Gasteiger partial charge in [0.05, 0.1) is 11.0 Å². The van der Waals surface area contributed by atoms with Gasteiger partial charge in [0.1, 0.15) is 0 Å². The van der Waals surface area contributed by atoms with E-state index < -0.39 is 11.0 Å². The molecule has 4 bridgehead atoms. The Labute approximate surface area is 153 Å². The van der Waals surface area contributed by atoms with Crippen molar-refractivity contribution < 1.29 is 19.4 Å². The van der Waals surface area contributed by atoms with Crippen LogP contribution in [0, 0.1) is 17.3 Å².